The quantitative estimate of drug-likeness (QED) is 0.0563. The Hall–Kier alpha value is -0.781. The van der Waals surface area contributed by atoms with E-state index in [0.29, 0.717) is 0 Å². The minimum absolute atomic E-state index is 0. The van der Waals surface area contributed by atoms with Crippen LogP contribution in [0, 0.1) is 0 Å². The second kappa shape index (κ2) is 37.4. The van der Waals surface area contributed by atoms with Gasteiger partial charge >= 0.3 is 23.9 Å². The number of rotatable bonds is 26. The third-order valence-corrected chi connectivity index (χ3v) is 6.29. The van der Waals surface area contributed by atoms with Crippen LogP contribution in [-0.4, -0.2) is 35.8 Å². The largest absolute Gasteiger partial charge is 2.00 e. The van der Waals surface area contributed by atoms with Gasteiger partial charge in [-0.15, -0.1) is 0 Å². The third kappa shape index (κ3) is 45.5. The van der Waals surface area contributed by atoms with Gasteiger partial charge in [-0.05, 0) is 77.0 Å². The van der Waals surface area contributed by atoms with Gasteiger partial charge in [0, 0.05) is 11.9 Å². The Kier molecular flexibility index (Phi) is 41.1. The van der Waals surface area contributed by atoms with E-state index in [2.05, 4.69) is 38.2 Å². The second-order valence-electron chi connectivity index (χ2n) is 10.00. The van der Waals surface area contributed by atoms with Crippen molar-refractivity contribution in [3.8, 4) is 0 Å². The Morgan fingerprint density at radius 1 is 0.432 bits per heavy atom. The molecule has 0 aliphatic carbocycles. The summed E-state index contributed by atoms with van der Waals surface area (Å²) in [5.41, 5.74) is 0. The van der Waals surface area contributed by atoms with E-state index in [0.717, 1.165) is 38.5 Å². The number of hydrogen-bond donors (Lipinski definition) is 0. The summed E-state index contributed by atoms with van der Waals surface area (Å²) >= 11 is 0. The molecule has 0 aromatic heterocycles. The molecule has 0 saturated carbocycles. The van der Waals surface area contributed by atoms with Gasteiger partial charge in [-0.25, -0.2) is 0 Å². The molecule has 0 aliphatic heterocycles. The number of aliphatic carboxylic acids is 2. The van der Waals surface area contributed by atoms with Crippen molar-refractivity contribution in [1.29, 1.82) is 0 Å². The molecule has 0 N–H and O–H groups in total. The summed E-state index contributed by atoms with van der Waals surface area (Å²) in [5, 5.41) is 20.4. The summed E-state index contributed by atoms with van der Waals surface area (Å²) in [6, 6.07) is 0. The molecule has 5 heteroatoms. The van der Waals surface area contributed by atoms with Crippen LogP contribution >= 0.6 is 0 Å². The third-order valence-electron chi connectivity index (χ3n) is 6.29. The van der Waals surface area contributed by atoms with Crippen molar-refractivity contribution in [2.75, 3.05) is 0 Å². The Morgan fingerprint density at radius 2 is 0.676 bits per heavy atom. The number of carbonyl (C=O) groups is 2. The van der Waals surface area contributed by atoms with Crippen molar-refractivity contribution in [1.82, 2.24) is 0 Å². The van der Waals surface area contributed by atoms with Gasteiger partial charge < -0.3 is 19.8 Å². The number of unbranched alkanes of at least 4 members (excludes halogenated alkanes) is 18. The summed E-state index contributed by atoms with van der Waals surface area (Å²) in [6.07, 6.45) is 36.0. The molecule has 2 radical (unpaired) electrons. The first-order chi connectivity index (χ1) is 17.5. The second-order valence-corrected chi connectivity index (χ2v) is 10.00. The van der Waals surface area contributed by atoms with E-state index in [4.69, 9.17) is 0 Å². The van der Waals surface area contributed by atoms with Gasteiger partial charge in [0.05, 0.1) is 0 Å². The van der Waals surface area contributed by atoms with Crippen LogP contribution in [0.15, 0.2) is 24.3 Å². The number of carbonyl (C=O) groups excluding carboxylic acids is 2. The van der Waals surface area contributed by atoms with Crippen LogP contribution in [-0.2, 0) is 9.59 Å². The Labute approximate surface area is 247 Å². The molecular formula is C32H58O4Sn. The Balaban J connectivity index is -0.000000608. The van der Waals surface area contributed by atoms with Crippen molar-refractivity contribution in [2.45, 2.75) is 168 Å². The van der Waals surface area contributed by atoms with Gasteiger partial charge in [0.1, 0.15) is 0 Å². The number of allylic oxidation sites excluding steroid dienone is 4. The predicted octanol–water partition coefficient (Wildman–Crippen LogP) is 7.61. The minimum atomic E-state index is -0.916. The molecule has 0 fully saturated rings. The molecule has 0 amide bonds. The first-order valence-corrected chi connectivity index (χ1v) is 15.2. The topological polar surface area (TPSA) is 80.3 Å². The van der Waals surface area contributed by atoms with Crippen LogP contribution in [0.4, 0.5) is 0 Å². The van der Waals surface area contributed by atoms with Gasteiger partial charge in [0.2, 0.25) is 0 Å². The first kappa shape index (κ1) is 40.7. The van der Waals surface area contributed by atoms with E-state index >= 15 is 0 Å². The van der Waals surface area contributed by atoms with Gasteiger partial charge in [-0.2, -0.15) is 0 Å². The summed E-state index contributed by atoms with van der Waals surface area (Å²) in [6.45, 7) is 4.48. The molecule has 0 rings (SSSR count). The fourth-order valence-electron chi connectivity index (χ4n) is 3.97. The van der Waals surface area contributed by atoms with Crippen LogP contribution in [0.2, 0.25) is 0 Å². The SMILES string of the molecule is CCCCCC/C=C\CCCCCCCC(=O)[O-].CCCCCC/C=C\CCCCCCCC(=O)[O-].[Sn+2]. The summed E-state index contributed by atoms with van der Waals surface area (Å²) in [4.78, 5) is 20.4. The van der Waals surface area contributed by atoms with Crippen molar-refractivity contribution < 1.29 is 19.8 Å². The molecule has 0 aromatic carbocycles. The Morgan fingerprint density at radius 3 is 0.946 bits per heavy atom. The van der Waals surface area contributed by atoms with E-state index in [-0.39, 0.29) is 36.7 Å². The fourth-order valence-corrected chi connectivity index (χ4v) is 3.97. The van der Waals surface area contributed by atoms with Gasteiger partial charge in [-0.3, -0.25) is 0 Å². The van der Waals surface area contributed by atoms with Crippen LogP contribution < -0.4 is 10.2 Å². The summed E-state index contributed by atoms with van der Waals surface area (Å²) < 4.78 is 0. The minimum Gasteiger partial charge on any atom is -0.550 e. The zero-order chi connectivity index (χ0) is 27.0. The van der Waals surface area contributed by atoms with E-state index in [1.54, 1.807) is 0 Å². The zero-order valence-corrected chi connectivity index (χ0v) is 27.3. The first-order valence-electron chi connectivity index (χ1n) is 15.2. The van der Waals surface area contributed by atoms with Crippen molar-refractivity contribution in [3.63, 3.8) is 0 Å². The monoisotopic (exact) mass is 626 g/mol. The molecule has 0 heterocycles. The molecule has 0 saturated heterocycles. The van der Waals surface area contributed by atoms with Crippen molar-refractivity contribution in [2.24, 2.45) is 0 Å². The predicted molar refractivity (Wildman–Crippen MR) is 156 cm³/mol. The molecule has 0 aliphatic rings. The van der Waals surface area contributed by atoms with E-state index < -0.39 is 11.9 Å². The van der Waals surface area contributed by atoms with E-state index in [1.807, 2.05) is 0 Å². The van der Waals surface area contributed by atoms with Crippen LogP contribution in [0.1, 0.15) is 168 Å². The van der Waals surface area contributed by atoms with Gasteiger partial charge in [0.15, 0.2) is 0 Å². The van der Waals surface area contributed by atoms with E-state index in [9.17, 15) is 19.8 Å². The summed E-state index contributed by atoms with van der Waals surface area (Å²) in [5.74, 6) is -1.83. The van der Waals surface area contributed by atoms with Crippen LogP contribution in [0.3, 0.4) is 0 Å². The summed E-state index contributed by atoms with van der Waals surface area (Å²) in [7, 11) is 0. The zero-order valence-electron chi connectivity index (χ0n) is 24.4. The average Bonchev–Trinajstić information content (AvgIpc) is 2.85. The molecule has 0 unspecified atom stereocenters. The standard InChI is InChI=1S/2C16H30O2.Sn/c2*1-2-3-4-5-6-7-8-9-10-11-12-13-14-15-16(17)18;/h2*7-8H,2-6,9-15H2,1H3,(H,17,18);/q;;+2/p-2/b2*8-7-;. The molecule has 37 heavy (non-hydrogen) atoms. The maximum Gasteiger partial charge on any atom is 2.00 e. The van der Waals surface area contributed by atoms with E-state index in [1.165, 1.54) is 103 Å². The average molecular weight is 626 g/mol. The van der Waals surface area contributed by atoms with Gasteiger partial charge in [-0.1, -0.05) is 115 Å². The number of hydrogen-bond acceptors (Lipinski definition) is 4. The molecule has 0 aromatic rings. The smallest absolute Gasteiger partial charge is 0.550 e. The fraction of sp³-hybridized carbons (Fsp3) is 0.812. The molecule has 0 atom stereocenters. The normalized spacial score (nSPS) is 10.9. The maximum atomic E-state index is 10.2. The molecule has 214 valence electrons. The van der Waals surface area contributed by atoms with Crippen LogP contribution in [0.25, 0.3) is 0 Å². The van der Waals surface area contributed by atoms with Crippen molar-refractivity contribution >= 4 is 35.8 Å². The molecule has 4 nitrogen and oxygen atoms in total. The van der Waals surface area contributed by atoms with Crippen molar-refractivity contribution in [3.05, 3.63) is 24.3 Å². The molecular weight excluding hydrogens is 567 g/mol. The van der Waals surface area contributed by atoms with Crippen LogP contribution in [0.5, 0.6) is 0 Å². The number of carboxylic acid groups (broad SMARTS) is 2. The Bertz CT molecular complexity index is 471. The maximum absolute atomic E-state index is 10.2. The van der Waals surface area contributed by atoms with Gasteiger partial charge in [0.25, 0.3) is 0 Å². The number of carboxylic acids is 2. The molecule has 0 spiro atoms. The molecule has 0 bridgehead atoms.